The Morgan fingerprint density at radius 1 is 1.58 bits per heavy atom. The number of anilines is 1. The number of nitrogens with zero attached hydrogens (tertiary/aromatic N) is 3. The van der Waals surface area contributed by atoms with Gasteiger partial charge < -0.3 is 10.5 Å². The van der Waals surface area contributed by atoms with Crippen LogP contribution in [0.4, 0.5) is 5.82 Å². The number of nitrogen functional groups attached to an aromatic ring is 1. The lowest BCUT2D eigenvalue weighted by atomic mass is 10.3. The smallest absolute Gasteiger partial charge is 0.344 e. The van der Waals surface area contributed by atoms with E-state index >= 15 is 0 Å². The summed E-state index contributed by atoms with van der Waals surface area (Å²) >= 11 is 0. The van der Waals surface area contributed by atoms with Crippen LogP contribution in [0.1, 0.15) is 23.7 Å². The van der Waals surface area contributed by atoms with Crippen molar-refractivity contribution >= 4 is 21.6 Å². The maximum absolute atomic E-state index is 11.7. The Hall–Kier alpha value is -2.08. The van der Waals surface area contributed by atoms with Gasteiger partial charge in [-0.1, -0.05) is 0 Å². The fraction of sp³-hybridized carbons (Fsp3) is 0.500. The molecule has 0 aromatic carbocycles. The van der Waals surface area contributed by atoms with Gasteiger partial charge in [0.2, 0.25) is 0 Å². The number of rotatable bonds is 5. The van der Waals surface area contributed by atoms with Crippen LogP contribution in [0.2, 0.25) is 0 Å². The molecule has 0 bridgehead atoms. The lowest BCUT2D eigenvalue weighted by Gasteiger charge is -2.03. The van der Waals surface area contributed by atoms with Crippen LogP contribution in [0, 0.1) is 11.3 Å². The number of carbonyl (C=O) groups is 1. The van der Waals surface area contributed by atoms with Gasteiger partial charge in [-0.2, -0.15) is 10.4 Å². The Kier molecular flexibility index (Phi) is 4.50. The number of nitrogens with two attached hydrogens (primary N) is 1. The number of esters is 1. The molecule has 2 N–H and O–H groups in total. The first-order valence-electron chi connectivity index (χ1n) is 5.43. The molecule has 0 aliphatic carbocycles. The van der Waals surface area contributed by atoms with E-state index in [1.54, 1.807) is 6.92 Å². The first kappa shape index (κ1) is 15.0. The van der Waals surface area contributed by atoms with E-state index in [1.165, 1.54) is 0 Å². The van der Waals surface area contributed by atoms with Gasteiger partial charge in [0, 0.05) is 6.26 Å². The second kappa shape index (κ2) is 5.71. The van der Waals surface area contributed by atoms with Crippen LogP contribution in [0.15, 0.2) is 5.03 Å². The highest BCUT2D eigenvalue weighted by atomic mass is 32.2. The van der Waals surface area contributed by atoms with Crippen LogP contribution in [0.5, 0.6) is 0 Å². The normalized spacial score (nSPS) is 11.0. The van der Waals surface area contributed by atoms with Crippen molar-refractivity contribution in [3.63, 3.8) is 0 Å². The van der Waals surface area contributed by atoms with E-state index in [2.05, 4.69) is 5.10 Å². The molecule has 104 valence electrons. The van der Waals surface area contributed by atoms with Gasteiger partial charge in [-0.3, -0.25) is 0 Å². The van der Waals surface area contributed by atoms with Gasteiger partial charge in [0.15, 0.2) is 14.9 Å². The Bertz CT molecular complexity index is 627. The monoisotopic (exact) mass is 286 g/mol. The van der Waals surface area contributed by atoms with E-state index in [0.717, 1.165) is 10.9 Å². The lowest BCUT2D eigenvalue weighted by molar-refractivity contribution is 0.0523. The number of carbonyl (C=O) groups excluding carboxylic acids is 1. The van der Waals surface area contributed by atoms with Crippen molar-refractivity contribution in [1.82, 2.24) is 9.78 Å². The van der Waals surface area contributed by atoms with Crippen molar-refractivity contribution in [3.8, 4) is 6.07 Å². The molecular formula is C10H14N4O4S. The third kappa shape index (κ3) is 3.23. The van der Waals surface area contributed by atoms with Gasteiger partial charge in [0.05, 0.1) is 25.6 Å². The second-order valence-corrected chi connectivity index (χ2v) is 5.62. The van der Waals surface area contributed by atoms with Crippen molar-refractivity contribution in [2.75, 3.05) is 18.6 Å². The van der Waals surface area contributed by atoms with Crippen molar-refractivity contribution in [2.45, 2.75) is 24.9 Å². The first-order valence-corrected chi connectivity index (χ1v) is 7.32. The maximum Gasteiger partial charge on any atom is 0.344 e. The summed E-state index contributed by atoms with van der Waals surface area (Å²) in [5, 5.41) is 11.9. The first-order chi connectivity index (χ1) is 8.82. The van der Waals surface area contributed by atoms with Gasteiger partial charge in [-0.15, -0.1) is 0 Å². The average molecular weight is 286 g/mol. The molecule has 0 aliphatic heterocycles. The fourth-order valence-corrected chi connectivity index (χ4v) is 2.24. The average Bonchev–Trinajstić information content (AvgIpc) is 2.64. The molecule has 9 heteroatoms. The highest BCUT2D eigenvalue weighted by Crippen LogP contribution is 2.22. The van der Waals surface area contributed by atoms with E-state index < -0.39 is 20.8 Å². The van der Waals surface area contributed by atoms with Gasteiger partial charge in [-0.25, -0.2) is 17.9 Å². The van der Waals surface area contributed by atoms with Crippen LogP contribution in [-0.2, 0) is 21.1 Å². The van der Waals surface area contributed by atoms with Crippen LogP contribution in [0.25, 0.3) is 0 Å². The zero-order chi connectivity index (χ0) is 14.6. The molecule has 0 saturated carbocycles. The van der Waals surface area contributed by atoms with Crippen molar-refractivity contribution < 1.29 is 17.9 Å². The molecule has 0 saturated heterocycles. The Labute approximate surface area is 110 Å². The van der Waals surface area contributed by atoms with Crippen LogP contribution in [0.3, 0.4) is 0 Å². The molecule has 0 unspecified atom stereocenters. The van der Waals surface area contributed by atoms with Gasteiger partial charge in [0.1, 0.15) is 11.4 Å². The van der Waals surface area contributed by atoms with E-state index in [0.29, 0.717) is 0 Å². The predicted molar refractivity (Wildman–Crippen MR) is 65.9 cm³/mol. The number of aryl methyl sites for hydroxylation is 1. The Morgan fingerprint density at radius 2 is 2.21 bits per heavy atom. The van der Waals surface area contributed by atoms with Gasteiger partial charge in [-0.05, 0) is 6.92 Å². The number of aromatic nitrogens is 2. The molecule has 0 atom stereocenters. The molecule has 0 amide bonds. The molecule has 1 rings (SSSR count). The minimum atomic E-state index is -3.72. The zero-order valence-electron chi connectivity index (χ0n) is 10.6. The number of hydrogen-bond donors (Lipinski definition) is 1. The fourth-order valence-electron chi connectivity index (χ4n) is 1.43. The van der Waals surface area contributed by atoms with Gasteiger partial charge >= 0.3 is 5.97 Å². The summed E-state index contributed by atoms with van der Waals surface area (Å²) in [4.78, 5) is 11.7. The van der Waals surface area contributed by atoms with E-state index in [-0.39, 0.29) is 31.0 Å². The highest BCUT2D eigenvalue weighted by Gasteiger charge is 2.29. The Balaban J connectivity index is 3.37. The number of hydrogen-bond acceptors (Lipinski definition) is 7. The number of nitriles is 1. The topological polar surface area (TPSA) is 128 Å². The molecule has 0 radical (unpaired) electrons. The summed E-state index contributed by atoms with van der Waals surface area (Å²) in [5.41, 5.74) is 5.42. The molecule has 0 aliphatic rings. The van der Waals surface area contributed by atoms with Crippen LogP contribution < -0.4 is 5.73 Å². The summed E-state index contributed by atoms with van der Waals surface area (Å²) in [6, 6.07) is 1.88. The predicted octanol–water partition coefficient (Wildman–Crippen LogP) is -0.0408. The largest absolute Gasteiger partial charge is 0.462 e. The van der Waals surface area contributed by atoms with E-state index in [1.807, 2.05) is 6.07 Å². The summed E-state index contributed by atoms with van der Waals surface area (Å²) in [7, 11) is -3.72. The molecule has 1 aromatic heterocycles. The van der Waals surface area contributed by atoms with Crippen LogP contribution >= 0.6 is 0 Å². The lowest BCUT2D eigenvalue weighted by Crippen LogP contribution is -2.12. The molecular weight excluding hydrogens is 272 g/mol. The van der Waals surface area contributed by atoms with Crippen molar-refractivity contribution in [2.24, 2.45) is 0 Å². The standard InChI is InChI=1S/C10H14N4O4S/c1-3-18-10(15)7-8(12)14(6-4-5-11)13-9(7)19(2,16)17/h3-4,6,12H2,1-2H3. The minimum Gasteiger partial charge on any atom is -0.462 e. The summed E-state index contributed by atoms with van der Waals surface area (Å²) in [5.74, 6) is -0.960. The molecule has 1 heterocycles. The van der Waals surface area contributed by atoms with E-state index in [9.17, 15) is 13.2 Å². The number of sulfone groups is 1. The zero-order valence-corrected chi connectivity index (χ0v) is 11.4. The summed E-state index contributed by atoms with van der Waals surface area (Å²) in [6.07, 6.45) is 1.02. The Morgan fingerprint density at radius 3 is 2.68 bits per heavy atom. The van der Waals surface area contributed by atoms with E-state index in [4.69, 9.17) is 15.7 Å². The molecule has 0 spiro atoms. The minimum absolute atomic E-state index is 0.0881. The molecule has 8 nitrogen and oxygen atoms in total. The third-order valence-electron chi connectivity index (χ3n) is 2.23. The summed E-state index contributed by atoms with van der Waals surface area (Å²) in [6.45, 7) is 1.78. The maximum atomic E-state index is 11.7. The second-order valence-electron chi connectivity index (χ2n) is 3.69. The molecule has 1 aromatic rings. The SMILES string of the molecule is CCOC(=O)c1c(S(C)(=O)=O)nn(CCC#N)c1N. The molecule has 19 heavy (non-hydrogen) atoms. The number of ether oxygens (including phenoxy) is 1. The van der Waals surface area contributed by atoms with Crippen LogP contribution in [-0.4, -0.2) is 37.0 Å². The third-order valence-corrected chi connectivity index (χ3v) is 3.21. The molecule has 0 fully saturated rings. The van der Waals surface area contributed by atoms with Crippen molar-refractivity contribution in [1.29, 1.82) is 5.26 Å². The van der Waals surface area contributed by atoms with Crippen molar-refractivity contribution in [3.05, 3.63) is 5.56 Å². The van der Waals surface area contributed by atoms with Gasteiger partial charge in [0.25, 0.3) is 0 Å². The quantitative estimate of drug-likeness (QED) is 0.752. The highest BCUT2D eigenvalue weighted by molar-refractivity contribution is 7.90. The summed E-state index contributed by atoms with van der Waals surface area (Å²) < 4.78 is 29.1.